The molecule has 94 valence electrons. The van der Waals surface area contributed by atoms with E-state index in [1.54, 1.807) is 0 Å². The molecule has 0 unspecified atom stereocenters. The number of aromatic nitrogens is 1. The van der Waals surface area contributed by atoms with Gasteiger partial charge >= 0.3 is 0 Å². The van der Waals surface area contributed by atoms with Crippen molar-refractivity contribution in [3.63, 3.8) is 0 Å². The number of carbonyl (C=O) groups excluding carboxylic acids is 1. The van der Waals surface area contributed by atoms with Crippen molar-refractivity contribution in [3.05, 3.63) is 30.0 Å². The number of para-hydroxylation sites is 1. The molecular formula is C14H16N2O2. The molecule has 0 spiro atoms. The summed E-state index contributed by atoms with van der Waals surface area (Å²) in [7, 11) is 1.94. The predicted molar refractivity (Wildman–Crippen MR) is 71.3 cm³/mol. The van der Waals surface area contributed by atoms with Crippen LogP contribution in [0.3, 0.4) is 0 Å². The maximum Gasteiger partial charge on any atom is 0.166 e. The van der Waals surface area contributed by atoms with Crippen LogP contribution in [0.1, 0.15) is 10.5 Å². The number of ether oxygens (including phenoxy) is 1. The molecule has 1 aliphatic rings. The van der Waals surface area contributed by atoms with Crippen molar-refractivity contribution >= 4 is 22.9 Å². The number of anilines is 1. The van der Waals surface area contributed by atoms with Crippen molar-refractivity contribution in [2.24, 2.45) is 7.05 Å². The average Bonchev–Trinajstić information content (AvgIpc) is 2.76. The van der Waals surface area contributed by atoms with Gasteiger partial charge < -0.3 is 14.2 Å². The first-order valence-corrected chi connectivity index (χ1v) is 6.17. The van der Waals surface area contributed by atoms with Crippen LogP contribution in [0.15, 0.2) is 24.3 Å². The normalized spacial score (nSPS) is 16.2. The van der Waals surface area contributed by atoms with Crippen LogP contribution in [0, 0.1) is 0 Å². The number of aldehydes is 1. The number of hydrogen-bond donors (Lipinski definition) is 0. The number of nitrogens with zero attached hydrogens (tertiary/aromatic N) is 2. The van der Waals surface area contributed by atoms with Crippen molar-refractivity contribution in [1.29, 1.82) is 0 Å². The molecule has 4 heteroatoms. The van der Waals surface area contributed by atoms with E-state index < -0.39 is 0 Å². The molecule has 0 amide bonds. The second kappa shape index (κ2) is 4.46. The number of benzene rings is 1. The fourth-order valence-corrected chi connectivity index (χ4v) is 2.59. The van der Waals surface area contributed by atoms with E-state index in [4.69, 9.17) is 4.74 Å². The van der Waals surface area contributed by atoms with Gasteiger partial charge in [-0.25, -0.2) is 0 Å². The smallest absolute Gasteiger partial charge is 0.166 e. The van der Waals surface area contributed by atoms with Crippen molar-refractivity contribution in [2.45, 2.75) is 0 Å². The lowest BCUT2D eigenvalue weighted by atomic mass is 10.2. The van der Waals surface area contributed by atoms with E-state index in [-0.39, 0.29) is 0 Å². The lowest BCUT2D eigenvalue weighted by Gasteiger charge is -2.29. The molecule has 2 aromatic rings. The molecule has 4 nitrogen and oxygen atoms in total. The zero-order chi connectivity index (χ0) is 12.5. The molecule has 0 atom stereocenters. The van der Waals surface area contributed by atoms with Gasteiger partial charge in [-0.2, -0.15) is 0 Å². The molecule has 18 heavy (non-hydrogen) atoms. The molecule has 1 aliphatic heterocycles. The summed E-state index contributed by atoms with van der Waals surface area (Å²) in [6, 6.07) is 8.14. The van der Waals surface area contributed by atoms with Gasteiger partial charge in [-0.05, 0) is 12.1 Å². The Labute approximate surface area is 106 Å². The van der Waals surface area contributed by atoms with Crippen LogP contribution in [0.2, 0.25) is 0 Å². The highest BCUT2D eigenvalue weighted by atomic mass is 16.5. The van der Waals surface area contributed by atoms with Gasteiger partial charge in [0.25, 0.3) is 0 Å². The fraction of sp³-hybridized carbons (Fsp3) is 0.357. The molecule has 2 heterocycles. The minimum atomic E-state index is 0.714. The SMILES string of the molecule is Cn1c(C=O)cc2cccc(N3CCOCC3)c21. The Bertz CT molecular complexity index is 583. The van der Waals surface area contributed by atoms with Gasteiger partial charge in [0, 0.05) is 25.5 Å². The zero-order valence-electron chi connectivity index (χ0n) is 10.4. The highest BCUT2D eigenvalue weighted by Gasteiger charge is 2.16. The number of aryl methyl sites for hydroxylation is 1. The van der Waals surface area contributed by atoms with Gasteiger partial charge in [0.1, 0.15) is 0 Å². The minimum absolute atomic E-state index is 0.714. The van der Waals surface area contributed by atoms with E-state index in [0.717, 1.165) is 43.5 Å². The number of rotatable bonds is 2. The third-order valence-electron chi connectivity index (χ3n) is 3.54. The molecule has 3 rings (SSSR count). The van der Waals surface area contributed by atoms with Crippen LogP contribution in [-0.4, -0.2) is 37.2 Å². The zero-order valence-corrected chi connectivity index (χ0v) is 10.4. The molecule has 0 N–H and O–H groups in total. The largest absolute Gasteiger partial charge is 0.378 e. The molecule has 1 aromatic carbocycles. The van der Waals surface area contributed by atoms with Gasteiger partial charge in [0.05, 0.1) is 30.1 Å². The van der Waals surface area contributed by atoms with E-state index in [9.17, 15) is 4.79 Å². The monoisotopic (exact) mass is 244 g/mol. The van der Waals surface area contributed by atoms with Crippen molar-refractivity contribution < 1.29 is 9.53 Å². The first-order chi connectivity index (χ1) is 8.81. The lowest BCUT2D eigenvalue weighted by Crippen LogP contribution is -2.36. The summed E-state index contributed by atoms with van der Waals surface area (Å²) in [6.07, 6.45) is 0.906. The maximum atomic E-state index is 11.0. The quantitative estimate of drug-likeness (QED) is 0.756. The first-order valence-electron chi connectivity index (χ1n) is 6.17. The minimum Gasteiger partial charge on any atom is -0.378 e. The highest BCUT2D eigenvalue weighted by Crippen LogP contribution is 2.29. The molecular weight excluding hydrogens is 228 g/mol. The fourth-order valence-electron chi connectivity index (χ4n) is 2.59. The Balaban J connectivity index is 2.16. The van der Waals surface area contributed by atoms with Gasteiger partial charge in [0.15, 0.2) is 6.29 Å². The molecule has 1 aromatic heterocycles. The van der Waals surface area contributed by atoms with Crippen LogP contribution in [0.5, 0.6) is 0 Å². The Morgan fingerprint density at radius 2 is 2.06 bits per heavy atom. The average molecular weight is 244 g/mol. The Morgan fingerprint density at radius 3 is 2.78 bits per heavy atom. The third-order valence-corrected chi connectivity index (χ3v) is 3.54. The van der Waals surface area contributed by atoms with Crippen LogP contribution < -0.4 is 4.90 Å². The molecule has 1 fully saturated rings. The molecule has 0 bridgehead atoms. The molecule has 0 radical (unpaired) electrons. The van der Waals surface area contributed by atoms with Gasteiger partial charge in [-0.3, -0.25) is 4.79 Å². The molecule has 0 saturated carbocycles. The lowest BCUT2D eigenvalue weighted by molar-refractivity contribution is 0.111. The summed E-state index contributed by atoms with van der Waals surface area (Å²) < 4.78 is 7.35. The number of morpholine rings is 1. The Kier molecular flexibility index (Phi) is 2.80. The standard InChI is InChI=1S/C14H16N2O2/c1-15-12(10-17)9-11-3-2-4-13(14(11)15)16-5-7-18-8-6-16/h2-4,9-10H,5-8H2,1H3. The Hall–Kier alpha value is -1.81. The van der Waals surface area contributed by atoms with Crippen LogP contribution in [0.4, 0.5) is 5.69 Å². The third kappa shape index (κ3) is 1.69. The van der Waals surface area contributed by atoms with E-state index in [2.05, 4.69) is 11.0 Å². The van der Waals surface area contributed by atoms with Crippen LogP contribution >= 0.6 is 0 Å². The summed E-state index contributed by atoms with van der Waals surface area (Å²) in [4.78, 5) is 13.3. The molecule has 0 aliphatic carbocycles. The second-order valence-corrected chi connectivity index (χ2v) is 4.56. The van der Waals surface area contributed by atoms with Crippen molar-refractivity contribution in [3.8, 4) is 0 Å². The summed E-state index contributed by atoms with van der Waals surface area (Å²) in [6.45, 7) is 3.34. The van der Waals surface area contributed by atoms with E-state index in [1.807, 2.05) is 29.8 Å². The topological polar surface area (TPSA) is 34.5 Å². The van der Waals surface area contributed by atoms with Crippen molar-refractivity contribution in [2.75, 3.05) is 31.2 Å². The number of carbonyl (C=O) groups is 1. The summed E-state index contributed by atoms with van der Waals surface area (Å²) in [5, 5.41) is 1.11. The van der Waals surface area contributed by atoms with E-state index in [0.29, 0.717) is 5.69 Å². The van der Waals surface area contributed by atoms with Gasteiger partial charge in [-0.1, -0.05) is 12.1 Å². The van der Waals surface area contributed by atoms with Crippen LogP contribution in [-0.2, 0) is 11.8 Å². The van der Waals surface area contributed by atoms with Gasteiger partial charge in [0.2, 0.25) is 0 Å². The molecule has 1 saturated heterocycles. The first kappa shape index (κ1) is 11.3. The van der Waals surface area contributed by atoms with E-state index in [1.165, 1.54) is 5.69 Å². The van der Waals surface area contributed by atoms with Gasteiger partial charge in [-0.15, -0.1) is 0 Å². The Morgan fingerprint density at radius 1 is 1.28 bits per heavy atom. The summed E-state index contributed by atoms with van der Waals surface area (Å²) in [5.74, 6) is 0. The highest BCUT2D eigenvalue weighted by molar-refractivity contribution is 5.96. The van der Waals surface area contributed by atoms with E-state index >= 15 is 0 Å². The summed E-state index contributed by atoms with van der Waals surface area (Å²) >= 11 is 0. The van der Waals surface area contributed by atoms with Crippen LogP contribution in [0.25, 0.3) is 10.9 Å². The number of hydrogen-bond acceptors (Lipinski definition) is 3. The number of fused-ring (bicyclic) bond motifs is 1. The second-order valence-electron chi connectivity index (χ2n) is 4.56. The van der Waals surface area contributed by atoms with Crippen molar-refractivity contribution in [1.82, 2.24) is 4.57 Å². The summed E-state index contributed by atoms with van der Waals surface area (Å²) in [5.41, 5.74) is 3.03. The predicted octanol–water partition coefficient (Wildman–Crippen LogP) is 1.83. The maximum absolute atomic E-state index is 11.0.